The molecular formula is C28H35N3O2. The summed E-state index contributed by atoms with van der Waals surface area (Å²) in [6.45, 7) is 5.32. The molecule has 2 aromatic carbocycles. The van der Waals surface area contributed by atoms with Crippen molar-refractivity contribution in [3.05, 3.63) is 71.9 Å². The van der Waals surface area contributed by atoms with E-state index in [-0.39, 0.29) is 30.3 Å². The molecule has 1 aromatic heterocycles. The van der Waals surface area contributed by atoms with Crippen molar-refractivity contribution in [2.45, 2.75) is 58.5 Å². The van der Waals surface area contributed by atoms with Crippen molar-refractivity contribution in [3.8, 4) is 0 Å². The molecule has 3 aromatic rings. The third kappa shape index (κ3) is 5.65. The summed E-state index contributed by atoms with van der Waals surface area (Å²) in [5.41, 5.74) is 3.42. The van der Waals surface area contributed by atoms with Crippen molar-refractivity contribution >= 4 is 22.7 Å². The molecule has 4 rings (SSSR count). The maximum absolute atomic E-state index is 13.5. The van der Waals surface area contributed by atoms with Crippen LogP contribution in [0.15, 0.2) is 60.8 Å². The highest BCUT2D eigenvalue weighted by Gasteiger charge is 2.31. The Morgan fingerprint density at radius 2 is 1.70 bits per heavy atom. The lowest BCUT2D eigenvalue weighted by atomic mass is 10.1. The zero-order chi connectivity index (χ0) is 23.2. The molecule has 33 heavy (non-hydrogen) atoms. The molecular weight excluding hydrogens is 410 g/mol. The molecule has 0 atom stereocenters. The minimum Gasteiger partial charge on any atom is -0.361 e. The van der Waals surface area contributed by atoms with E-state index in [1.807, 2.05) is 55.3 Å². The van der Waals surface area contributed by atoms with Gasteiger partial charge < -0.3 is 14.8 Å². The highest BCUT2D eigenvalue weighted by atomic mass is 16.2. The molecule has 5 heteroatoms. The first-order chi connectivity index (χ1) is 16.0. The Kier molecular flexibility index (Phi) is 7.48. The first-order valence-corrected chi connectivity index (χ1v) is 12.2. The van der Waals surface area contributed by atoms with Crippen LogP contribution in [-0.4, -0.2) is 45.7 Å². The monoisotopic (exact) mass is 445 g/mol. The van der Waals surface area contributed by atoms with Crippen LogP contribution in [-0.2, 0) is 22.6 Å². The smallest absolute Gasteiger partial charge is 0.242 e. The quantitative estimate of drug-likeness (QED) is 0.494. The fourth-order valence-electron chi connectivity index (χ4n) is 4.86. The van der Waals surface area contributed by atoms with Crippen LogP contribution >= 0.6 is 0 Å². The lowest BCUT2D eigenvalue weighted by molar-refractivity contribution is -0.144. The number of amides is 2. The van der Waals surface area contributed by atoms with Gasteiger partial charge in [-0.1, -0.05) is 61.4 Å². The Labute approximate surface area is 196 Å². The predicted octanol–water partition coefficient (Wildman–Crippen LogP) is 5.17. The molecule has 0 spiro atoms. The Morgan fingerprint density at radius 1 is 1.00 bits per heavy atom. The number of fused-ring (bicyclic) bond motifs is 1. The van der Waals surface area contributed by atoms with Crippen molar-refractivity contribution in [3.63, 3.8) is 0 Å². The van der Waals surface area contributed by atoms with Gasteiger partial charge in [-0.15, -0.1) is 0 Å². The number of hydrogen-bond acceptors (Lipinski definition) is 2. The van der Waals surface area contributed by atoms with Crippen LogP contribution in [0.5, 0.6) is 0 Å². The lowest BCUT2D eigenvalue weighted by Crippen LogP contribution is -2.47. The number of H-pyrrole nitrogens is 1. The second kappa shape index (κ2) is 10.7. The molecule has 1 N–H and O–H groups in total. The number of carbonyl (C=O) groups is 2. The molecule has 0 saturated heterocycles. The molecule has 1 fully saturated rings. The minimum atomic E-state index is 0.00856. The van der Waals surface area contributed by atoms with Crippen LogP contribution in [0.3, 0.4) is 0 Å². The van der Waals surface area contributed by atoms with E-state index < -0.39 is 0 Å². The van der Waals surface area contributed by atoms with E-state index >= 15 is 0 Å². The average Bonchev–Trinajstić information content (AvgIpc) is 3.50. The van der Waals surface area contributed by atoms with Crippen molar-refractivity contribution in [2.24, 2.45) is 5.92 Å². The standard InChI is InChI=1S/C28H35N3O2/c1-21(2)31(28(33)23-12-6-7-13-23)20-27(32)30(19-22-10-4-3-5-11-22)17-16-24-18-29-26-15-9-8-14-25(24)26/h3-5,8-11,14-15,18,21,23,29H,6-7,12-13,16-17,19-20H2,1-2H3. The molecule has 174 valence electrons. The highest BCUT2D eigenvalue weighted by molar-refractivity contribution is 5.86. The van der Waals surface area contributed by atoms with Gasteiger partial charge in [0.15, 0.2) is 0 Å². The van der Waals surface area contributed by atoms with E-state index in [9.17, 15) is 9.59 Å². The minimum absolute atomic E-state index is 0.00856. The summed E-state index contributed by atoms with van der Waals surface area (Å²) in [7, 11) is 0. The summed E-state index contributed by atoms with van der Waals surface area (Å²) in [6, 6.07) is 18.4. The molecule has 0 bridgehead atoms. The van der Waals surface area contributed by atoms with Crippen LogP contribution in [0.2, 0.25) is 0 Å². The molecule has 0 unspecified atom stereocenters. The molecule has 1 heterocycles. The Hall–Kier alpha value is -3.08. The van der Waals surface area contributed by atoms with Gasteiger partial charge in [0.1, 0.15) is 0 Å². The Morgan fingerprint density at radius 3 is 2.42 bits per heavy atom. The number of nitrogens with zero attached hydrogens (tertiary/aromatic N) is 2. The summed E-state index contributed by atoms with van der Waals surface area (Å²) < 4.78 is 0. The summed E-state index contributed by atoms with van der Waals surface area (Å²) in [5, 5.41) is 1.20. The van der Waals surface area contributed by atoms with Crippen molar-refractivity contribution in [1.29, 1.82) is 0 Å². The summed E-state index contributed by atoms with van der Waals surface area (Å²) in [5.74, 6) is 0.236. The van der Waals surface area contributed by atoms with Crippen molar-refractivity contribution in [2.75, 3.05) is 13.1 Å². The van der Waals surface area contributed by atoms with E-state index in [1.54, 1.807) is 4.90 Å². The fourth-order valence-corrected chi connectivity index (χ4v) is 4.86. The van der Waals surface area contributed by atoms with Gasteiger partial charge in [0, 0.05) is 42.1 Å². The fraction of sp³-hybridized carbons (Fsp3) is 0.429. The SMILES string of the molecule is CC(C)N(CC(=O)N(CCc1c[nH]c2ccccc12)Cc1ccccc1)C(=O)C1CCCC1. The second-order valence-corrected chi connectivity index (χ2v) is 9.45. The number of carbonyl (C=O) groups excluding carboxylic acids is 2. The van der Waals surface area contributed by atoms with Crippen molar-refractivity contribution in [1.82, 2.24) is 14.8 Å². The van der Waals surface area contributed by atoms with Crippen molar-refractivity contribution < 1.29 is 9.59 Å². The number of para-hydroxylation sites is 1. The molecule has 5 nitrogen and oxygen atoms in total. The van der Waals surface area contributed by atoms with Gasteiger partial charge in [0.05, 0.1) is 6.54 Å². The Balaban J connectivity index is 1.50. The highest BCUT2D eigenvalue weighted by Crippen LogP contribution is 2.27. The Bertz CT molecular complexity index is 1070. The maximum Gasteiger partial charge on any atom is 0.242 e. The number of benzene rings is 2. The van der Waals surface area contributed by atoms with Gasteiger partial charge in [-0.05, 0) is 50.3 Å². The third-order valence-electron chi connectivity index (χ3n) is 6.81. The number of aromatic amines is 1. The zero-order valence-electron chi connectivity index (χ0n) is 19.8. The van der Waals surface area contributed by atoms with Gasteiger partial charge in [0.25, 0.3) is 0 Å². The van der Waals surface area contributed by atoms with E-state index in [0.717, 1.165) is 43.2 Å². The van der Waals surface area contributed by atoms with Gasteiger partial charge >= 0.3 is 0 Å². The van der Waals surface area contributed by atoms with Gasteiger partial charge in [-0.25, -0.2) is 0 Å². The van der Waals surface area contributed by atoms with Crippen LogP contribution < -0.4 is 0 Å². The first kappa shape index (κ1) is 23.1. The lowest BCUT2D eigenvalue weighted by Gasteiger charge is -2.32. The van der Waals surface area contributed by atoms with Crippen LogP contribution in [0.25, 0.3) is 10.9 Å². The molecule has 1 saturated carbocycles. The van der Waals surface area contributed by atoms with E-state index in [1.165, 1.54) is 10.9 Å². The zero-order valence-corrected chi connectivity index (χ0v) is 19.8. The number of nitrogens with one attached hydrogen (secondary N) is 1. The van der Waals surface area contributed by atoms with E-state index in [4.69, 9.17) is 0 Å². The average molecular weight is 446 g/mol. The molecule has 0 aliphatic heterocycles. The predicted molar refractivity (Wildman–Crippen MR) is 133 cm³/mol. The van der Waals surface area contributed by atoms with Crippen LogP contribution in [0, 0.1) is 5.92 Å². The summed E-state index contributed by atoms with van der Waals surface area (Å²) >= 11 is 0. The molecule has 1 aliphatic carbocycles. The normalized spacial score (nSPS) is 14.2. The topological polar surface area (TPSA) is 56.4 Å². The van der Waals surface area contributed by atoms with Gasteiger partial charge in [0.2, 0.25) is 11.8 Å². The summed E-state index contributed by atoms with van der Waals surface area (Å²) in [6.07, 6.45) is 6.93. The molecule has 2 amide bonds. The van der Waals surface area contributed by atoms with Gasteiger partial charge in [-0.2, -0.15) is 0 Å². The first-order valence-electron chi connectivity index (χ1n) is 12.2. The second-order valence-electron chi connectivity index (χ2n) is 9.45. The summed E-state index contributed by atoms with van der Waals surface area (Å²) in [4.78, 5) is 33.7. The molecule has 1 aliphatic rings. The number of aromatic nitrogens is 1. The van der Waals surface area contributed by atoms with Crippen LogP contribution in [0.4, 0.5) is 0 Å². The third-order valence-corrected chi connectivity index (χ3v) is 6.81. The van der Waals surface area contributed by atoms with Gasteiger partial charge in [-0.3, -0.25) is 9.59 Å². The van der Waals surface area contributed by atoms with Crippen LogP contribution in [0.1, 0.15) is 50.7 Å². The van der Waals surface area contributed by atoms with E-state index in [0.29, 0.717) is 13.1 Å². The maximum atomic E-state index is 13.5. The molecule has 0 radical (unpaired) electrons. The largest absolute Gasteiger partial charge is 0.361 e. The van der Waals surface area contributed by atoms with E-state index in [2.05, 4.69) is 29.2 Å². The number of hydrogen-bond donors (Lipinski definition) is 1. The number of rotatable bonds is 9.